The van der Waals surface area contributed by atoms with Crippen molar-refractivity contribution in [2.45, 2.75) is 20.4 Å². The van der Waals surface area contributed by atoms with E-state index in [0.717, 1.165) is 33.7 Å². The summed E-state index contributed by atoms with van der Waals surface area (Å²) in [7, 11) is 0. The third-order valence-electron chi connectivity index (χ3n) is 2.84. The first kappa shape index (κ1) is 15.2. The summed E-state index contributed by atoms with van der Waals surface area (Å²) < 4.78 is 1.00. The molecule has 1 amide bonds. The molecule has 0 saturated carbocycles. The van der Waals surface area contributed by atoms with Crippen LogP contribution < -0.4 is 10.6 Å². The van der Waals surface area contributed by atoms with Gasteiger partial charge in [0.2, 0.25) is 0 Å². The van der Waals surface area contributed by atoms with Crippen LogP contribution in [0.25, 0.3) is 0 Å². The normalized spacial score (nSPS) is 10.6. The summed E-state index contributed by atoms with van der Waals surface area (Å²) in [6, 6.07) is 9.80. The number of benzene rings is 1. The number of amides is 1. The SMILES string of the molecule is CCNCc1cccc(NC(=O)c2cc(C)c(Br)s2)c1. The molecule has 1 heterocycles. The van der Waals surface area contributed by atoms with Crippen molar-refractivity contribution in [1.29, 1.82) is 0 Å². The van der Waals surface area contributed by atoms with Crippen molar-refractivity contribution in [3.63, 3.8) is 0 Å². The van der Waals surface area contributed by atoms with Crippen LogP contribution in [-0.2, 0) is 6.54 Å². The lowest BCUT2D eigenvalue weighted by Gasteiger charge is -2.07. The third-order valence-corrected chi connectivity index (χ3v) is 4.98. The molecule has 0 bridgehead atoms. The van der Waals surface area contributed by atoms with Crippen molar-refractivity contribution < 1.29 is 4.79 Å². The molecule has 20 heavy (non-hydrogen) atoms. The molecule has 0 aliphatic rings. The number of thiophene rings is 1. The van der Waals surface area contributed by atoms with Gasteiger partial charge in [-0.25, -0.2) is 0 Å². The second-order valence-electron chi connectivity index (χ2n) is 4.50. The summed E-state index contributed by atoms with van der Waals surface area (Å²) >= 11 is 4.89. The molecule has 0 aliphatic heterocycles. The Hall–Kier alpha value is -1.17. The predicted octanol–water partition coefficient (Wildman–Crippen LogP) is 4.18. The number of hydrogen-bond acceptors (Lipinski definition) is 3. The van der Waals surface area contributed by atoms with E-state index in [2.05, 4.69) is 33.5 Å². The highest BCUT2D eigenvalue weighted by Crippen LogP contribution is 2.27. The quantitative estimate of drug-likeness (QED) is 0.847. The first-order valence-electron chi connectivity index (χ1n) is 6.47. The van der Waals surface area contributed by atoms with Crippen LogP contribution in [0.1, 0.15) is 27.7 Å². The zero-order valence-electron chi connectivity index (χ0n) is 11.5. The number of anilines is 1. The van der Waals surface area contributed by atoms with Crippen molar-refractivity contribution in [2.75, 3.05) is 11.9 Å². The fraction of sp³-hybridized carbons (Fsp3) is 0.267. The molecule has 3 nitrogen and oxygen atoms in total. The fourth-order valence-electron chi connectivity index (χ4n) is 1.79. The van der Waals surface area contributed by atoms with E-state index in [0.29, 0.717) is 4.88 Å². The van der Waals surface area contributed by atoms with Gasteiger partial charge in [0.15, 0.2) is 0 Å². The van der Waals surface area contributed by atoms with Gasteiger partial charge in [0, 0.05) is 12.2 Å². The molecule has 1 aromatic carbocycles. The van der Waals surface area contributed by atoms with Gasteiger partial charge in [-0.05, 0) is 58.7 Å². The number of aryl methyl sites for hydroxylation is 1. The maximum absolute atomic E-state index is 12.2. The van der Waals surface area contributed by atoms with Gasteiger partial charge in [-0.1, -0.05) is 19.1 Å². The minimum absolute atomic E-state index is 0.0654. The Bertz CT molecular complexity index is 590. The highest BCUT2D eigenvalue weighted by atomic mass is 79.9. The molecule has 0 spiro atoms. The topological polar surface area (TPSA) is 41.1 Å². The summed E-state index contributed by atoms with van der Waals surface area (Å²) in [5.74, 6) is -0.0654. The van der Waals surface area contributed by atoms with Gasteiger partial charge in [0.25, 0.3) is 5.91 Å². The van der Waals surface area contributed by atoms with E-state index < -0.39 is 0 Å². The average molecular weight is 353 g/mol. The molecule has 0 saturated heterocycles. The zero-order valence-corrected chi connectivity index (χ0v) is 13.9. The van der Waals surface area contributed by atoms with Crippen LogP contribution in [0, 0.1) is 6.92 Å². The Morgan fingerprint density at radius 1 is 1.35 bits per heavy atom. The minimum Gasteiger partial charge on any atom is -0.321 e. The van der Waals surface area contributed by atoms with Crippen LogP contribution in [0.2, 0.25) is 0 Å². The molecule has 5 heteroatoms. The van der Waals surface area contributed by atoms with Gasteiger partial charge >= 0.3 is 0 Å². The maximum Gasteiger partial charge on any atom is 0.265 e. The molecule has 0 atom stereocenters. The molecule has 2 aromatic rings. The van der Waals surface area contributed by atoms with E-state index in [1.807, 2.05) is 37.3 Å². The van der Waals surface area contributed by atoms with E-state index in [1.165, 1.54) is 11.3 Å². The highest BCUT2D eigenvalue weighted by molar-refractivity contribution is 9.11. The number of carbonyl (C=O) groups is 1. The summed E-state index contributed by atoms with van der Waals surface area (Å²) in [5, 5.41) is 6.21. The molecular weight excluding hydrogens is 336 g/mol. The summed E-state index contributed by atoms with van der Waals surface area (Å²) in [6.45, 7) is 5.79. The zero-order chi connectivity index (χ0) is 14.5. The van der Waals surface area contributed by atoms with Gasteiger partial charge in [-0.2, -0.15) is 0 Å². The molecule has 0 aliphatic carbocycles. The predicted molar refractivity (Wildman–Crippen MR) is 88.5 cm³/mol. The van der Waals surface area contributed by atoms with Gasteiger partial charge in [0.05, 0.1) is 8.66 Å². The fourth-order valence-corrected chi connectivity index (χ4v) is 3.22. The van der Waals surface area contributed by atoms with Crippen molar-refractivity contribution in [2.24, 2.45) is 0 Å². The third kappa shape index (κ3) is 3.91. The standard InChI is InChI=1S/C15H17BrN2OS/c1-3-17-9-11-5-4-6-12(8-11)18-15(19)13-7-10(2)14(16)20-13/h4-8,17H,3,9H2,1-2H3,(H,18,19). The number of halogens is 1. The second kappa shape index (κ2) is 7.02. The minimum atomic E-state index is -0.0654. The van der Waals surface area contributed by atoms with E-state index in [9.17, 15) is 4.79 Å². The number of hydrogen-bond donors (Lipinski definition) is 2. The van der Waals surface area contributed by atoms with E-state index in [-0.39, 0.29) is 5.91 Å². The summed E-state index contributed by atoms with van der Waals surface area (Å²) in [4.78, 5) is 12.9. The molecule has 0 radical (unpaired) electrons. The van der Waals surface area contributed by atoms with Crippen molar-refractivity contribution in [3.05, 3.63) is 50.1 Å². The van der Waals surface area contributed by atoms with Gasteiger partial charge < -0.3 is 10.6 Å². The Morgan fingerprint density at radius 2 is 2.15 bits per heavy atom. The Labute approximate surface area is 131 Å². The van der Waals surface area contributed by atoms with E-state index >= 15 is 0 Å². The van der Waals surface area contributed by atoms with Crippen molar-refractivity contribution in [3.8, 4) is 0 Å². The summed E-state index contributed by atoms with van der Waals surface area (Å²) in [6.07, 6.45) is 0. The second-order valence-corrected chi connectivity index (χ2v) is 6.87. The van der Waals surface area contributed by atoms with Crippen molar-refractivity contribution >= 4 is 38.9 Å². The van der Waals surface area contributed by atoms with Crippen LogP contribution in [0.4, 0.5) is 5.69 Å². The van der Waals surface area contributed by atoms with Crippen LogP contribution in [0.15, 0.2) is 34.1 Å². The van der Waals surface area contributed by atoms with Gasteiger partial charge in [-0.3, -0.25) is 4.79 Å². The molecule has 0 unspecified atom stereocenters. The molecular formula is C15H17BrN2OS. The van der Waals surface area contributed by atoms with E-state index in [1.54, 1.807) is 0 Å². The highest BCUT2D eigenvalue weighted by Gasteiger charge is 2.11. The Morgan fingerprint density at radius 3 is 2.80 bits per heavy atom. The van der Waals surface area contributed by atoms with Crippen LogP contribution in [0.5, 0.6) is 0 Å². The molecule has 2 N–H and O–H groups in total. The largest absolute Gasteiger partial charge is 0.321 e. The van der Waals surface area contributed by atoms with Crippen LogP contribution >= 0.6 is 27.3 Å². The lowest BCUT2D eigenvalue weighted by atomic mass is 10.2. The van der Waals surface area contributed by atoms with Gasteiger partial charge in [-0.15, -0.1) is 11.3 Å². The Kier molecular flexibility index (Phi) is 5.34. The van der Waals surface area contributed by atoms with Gasteiger partial charge in [0.1, 0.15) is 0 Å². The number of nitrogens with one attached hydrogen (secondary N) is 2. The average Bonchev–Trinajstić information content (AvgIpc) is 2.77. The monoisotopic (exact) mass is 352 g/mol. The lowest BCUT2D eigenvalue weighted by Crippen LogP contribution is -2.13. The van der Waals surface area contributed by atoms with Crippen LogP contribution in [0.3, 0.4) is 0 Å². The number of carbonyl (C=O) groups excluding carboxylic acids is 1. The summed E-state index contributed by atoms with van der Waals surface area (Å²) in [5.41, 5.74) is 3.07. The van der Waals surface area contributed by atoms with Crippen molar-refractivity contribution in [1.82, 2.24) is 5.32 Å². The van der Waals surface area contributed by atoms with E-state index in [4.69, 9.17) is 0 Å². The molecule has 2 rings (SSSR count). The first-order chi connectivity index (χ1) is 9.60. The molecule has 0 fully saturated rings. The lowest BCUT2D eigenvalue weighted by molar-refractivity contribution is 0.103. The molecule has 106 valence electrons. The maximum atomic E-state index is 12.2. The smallest absolute Gasteiger partial charge is 0.265 e. The first-order valence-corrected chi connectivity index (χ1v) is 8.08. The molecule has 1 aromatic heterocycles. The Balaban J connectivity index is 2.07. The number of rotatable bonds is 5. The van der Waals surface area contributed by atoms with Crippen LogP contribution in [-0.4, -0.2) is 12.5 Å².